The van der Waals surface area contributed by atoms with Gasteiger partial charge in [-0.15, -0.1) is 0 Å². The van der Waals surface area contributed by atoms with E-state index in [4.69, 9.17) is 5.73 Å². The minimum Gasteiger partial charge on any atom is -0.323 e. The third-order valence-corrected chi connectivity index (χ3v) is 4.45. The average molecular weight is 289 g/mol. The maximum atomic E-state index is 6.35. The lowest BCUT2D eigenvalue weighted by atomic mass is 10.0. The molecule has 0 saturated carbocycles. The summed E-state index contributed by atoms with van der Waals surface area (Å²) in [6, 6.07) is 8.96. The van der Waals surface area contributed by atoms with E-state index in [-0.39, 0.29) is 6.04 Å². The highest BCUT2D eigenvalue weighted by atomic mass is 15.2. The Bertz CT molecular complexity index is 395. The maximum absolute atomic E-state index is 6.35. The van der Waals surface area contributed by atoms with Crippen molar-refractivity contribution in [3.8, 4) is 0 Å². The maximum Gasteiger partial charge on any atom is 0.0424 e. The fourth-order valence-corrected chi connectivity index (χ4v) is 3.07. The van der Waals surface area contributed by atoms with Gasteiger partial charge in [0.2, 0.25) is 0 Å². The van der Waals surface area contributed by atoms with Gasteiger partial charge in [0.05, 0.1) is 0 Å². The van der Waals surface area contributed by atoms with Crippen LogP contribution >= 0.6 is 0 Å². The van der Waals surface area contributed by atoms with Gasteiger partial charge in [-0.25, -0.2) is 0 Å². The second-order valence-electron chi connectivity index (χ2n) is 6.41. The lowest BCUT2D eigenvalue weighted by Gasteiger charge is -2.24. The third-order valence-electron chi connectivity index (χ3n) is 4.45. The van der Waals surface area contributed by atoms with Crippen molar-refractivity contribution in [1.82, 2.24) is 9.80 Å². The summed E-state index contributed by atoms with van der Waals surface area (Å²) in [6.07, 6.45) is 5.09. The van der Waals surface area contributed by atoms with Crippen LogP contribution in [0.5, 0.6) is 0 Å². The topological polar surface area (TPSA) is 32.5 Å². The highest BCUT2D eigenvalue weighted by Gasteiger charge is 2.13. The Morgan fingerprint density at radius 2 is 1.86 bits per heavy atom. The minimum absolute atomic E-state index is 0.115. The molecule has 0 aromatic heterocycles. The number of likely N-dealkylation sites (N-methyl/N-ethyl adjacent to an activating group) is 1. The van der Waals surface area contributed by atoms with E-state index in [1.807, 2.05) is 0 Å². The first kappa shape index (κ1) is 16.5. The first-order chi connectivity index (χ1) is 10.2. The molecule has 1 aromatic rings. The Labute approximate surface area is 130 Å². The first-order valence-corrected chi connectivity index (χ1v) is 8.44. The summed E-state index contributed by atoms with van der Waals surface area (Å²) in [5, 5.41) is 0. The van der Waals surface area contributed by atoms with E-state index in [0.717, 1.165) is 19.5 Å². The molecule has 0 spiro atoms. The van der Waals surface area contributed by atoms with Gasteiger partial charge in [0, 0.05) is 25.7 Å². The number of hydrogen-bond acceptors (Lipinski definition) is 3. The fraction of sp³-hybridized carbons (Fsp3) is 0.667. The van der Waals surface area contributed by atoms with Crippen LogP contribution in [-0.4, -0.2) is 49.6 Å². The van der Waals surface area contributed by atoms with Crippen LogP contribution in [0, 0.1) is 0 Å². The Morgan fingerprint density at radius 3 is 2.48 bits per heavy atom. The summed E-state index contributed by atoms with van der Waals surface area (Å²) in [7, 11) is 2.18. The molecule has 1 aromatic carbocycles. The number of likely N-dealkylation sites (tertiary alicyclic amines) is 1. The van der Waals surface area contributed by atoms with E-state index in [1.165, 1.54) is 50.0 Å². The normalized spacial score (nSPS) is 17.5. The molecule has 0 bridgehead atoms. The molecule has 1 aliphatic heterocycles. The molecule has 1 atom stereocenters. The predicted octanol–water partition coefficient (Wildman–Crippen LogP) is 2.67. The van der Waals surface area contributed by atoms with Crippen LogP contribution in [-0.2, 0) is 6.42 Å². The number of nitrogens with zero attached hydrogens (tertiary/aromatic N) is 2. The number of hydrogen-bond donors (Lipinski definition) is 1. The molecular weight excluding hydrogens is 258 g/mol. The Hall–Kier alpha value is -0.900. The molecule has 1 aliphatic rings. The van der Waals surface area contributed by atoms with E-state index in [9.17, 15) is 0 Å². The third kappa shape index (κ3) is 5.42. The van der Waals surface area contributed by atoms with Crippen molar-refractivity contribution in [2.24, 2.45) is 5.73 Å². The van der Waals surface area contributed by atoms with Crippen LogP contribution in [0.1, 0.15) is 43.4 Å². The van der Waals surface area contributed by atoms with E-state index in [2.05, 4.69) is 48.0 Å². The number of nitrogens with two attached hydrogens (primary N) is 1. The van der Waals surface area contributed by atoms with E-state index in [1.54, 1.807) is 0 Å². The quantitative estimate of drug-likeness (QED) is 0.798. The molecule has 0 aliphatic carbocycles. The van der Waals surface area contributed by atoms with Gasteiger partial charge in [-0.2, -0.15) is 0 Å². The fourth-order valence-electron chi connectivity index (χ4n) is 3.07. The van der Waals surface area contributed by atoms with E-state index < -0.39 is 0 Å². The van der Waals surface area contributed by atoms with Crippen molar-refractivity contribution in [2.75, 3.05) is 39.8 Å². The molecule has 1 unspecified atom stereocenters. The number of benzene rings is 1. The molecule has 2 N–H and O–H groups in total. The van der Waals surface area contributed by atoms with Gasteiger partial charge in [-0.05, 0) is 50.5 Å². The van der Waals surface area contributed by atoms with Crippen molar-refractivity contribution < 1.29 is 0 Å². The SMILES string of the molecule is CCCc1ccc(C(N)CN(C)CCN2CCCC2)cc1. The first-order valence-electron chi connectivity index (χ1n) is 8.44. The average Bonchev–Trinajstić information content (AvgIpc) is 2.99. The molecule has 3 heteroatoms. The van der Waals surface area contributed by atoms with Gasteiger partial charge in [-0.1, -0.05) is 37.6 Å². The lowest BCUT2D eigenvalue weighted by molar-refractivity contribution is 0.248. The van der Waals surface area contributed by atoms with Crippen molar-refractivity contribution in [3.05, 3.63) is 35.4 Å². The van der Waals surface area contributed by atoms with Gasteiger partial charge in [-0.3, -0.25) is 0 Å². The zero-order valence-electron chi connectivity index (χ0n) is 13.7. The molecule has 118 valence electrons. The van der Waals surface area contributed by atoms with Crippen molar-refractivity contribution in [1.29, 1.82) is 0 Å². The van der Waals surface area contributed by atoms with E-state index >= 15 is 0 Å². The predicted molar refractivity (Wildman–Crippen MR) is 90.5 cm³/mol. The van der Waals surface area contributed by atoms with Crippen LogP contribution in [0.25, 0.3) is 0 Å². The van der Waals surface area contributed by atoms with Crippen molar-refractivity contribution >= 4 is 0 Å². The summed E-state index contributed by atoms with van der Waals surface area (Å²) in [5.41, 5.74) is 9.01. The number of aryl methyl sites for hydroxylation is 1. The Balaban J connectivity index is 1.75. The van der Waals surface area contributed by atoms with Crippen molar-refractivity contribution in [2.45, 2.75) is 38.6 Å². The van der Waals surface area contributed by atoms with Crippen LogP contribution in [0.4, 0.5) is 0 Å². The zero-order valence-corrected chi connectivity index (χ0v) is 13.7. The summed E-state index contributed by atoms with van der Waals surface area (Å²) in [6.45, 7) is 7.99. The summed E-state index contributed by atoms with van der Waals surface area (Å²) < 4.78 is 0. The summed E-state index contributed by atoms with van der Waals surface area (Å²) in [4.78, 5) is 4.92. The minimum atomic E-state index is 0.115. The largest absolute Gasteiger partial charge is 0.323 e. The lowest BCUT2D eigenvalue weighted by Crippen LogP contribution is -2.35. The Kier molecular flexibility index (Phi) is 6.68. The van der Waals surface area contributed by atoms with Gasteiger partial charge in [0.1, 0.15) is 0 Å². The van der Waals surface area contributed by atoms with Gasteiger partial charge >= 0.3 is 0 Å². The number of rotatable bonds is 8. The molecule has 1 saturated heterocycles. The molecule has 2 rings (SSSR count). The Morgan fingerprint density at radius 1 is 1.19 bits per heavy atom. The highest BCUT2D eigenvalue weighted by Crippen LogP contribution is 2.14. The molecule has 3 nitrogen and oxygen atoms in total. The van der Waals surface area contributed by atoms with Crippen LogP contribution in [0.2, 0.25) is 0 Å². The van der Waals surface area contributed by atoms with Crippen molar-refractivity contribution in [3.63, 3.8) is 0 Å². The van der Waals surface area contributed by atoms with E-state index in [0.29, 0.717) is 0 Å². The monoisotopic (exact) mass is 289 g/mol. The second-order valence-corrected chi connectivity index (χ2v) is 6.41. The standard InChI is InChI=1S/C18H31N3/c1-3-6-16-7-9-17(10-8-16)18(19)15-20(2)13-14-21-11-4-5-12-21/h7-10,18H,3-6,11-15,19H2,1-2H3. The summed E-state index contributed by atoms with van der Waals surface area (Å²) >= 11 is 0. The summed E-state index contributed by atoms with van der Waals surface area (Å²) in [5.74, 6) is 0. The molecular formula is C18H31N3. The second kappa shape index (κ2) is 8.52. The zero-order chi connectivity index (χ0) is 15.1. The van der Waals surface area contributed by atoms with Crippen LogP contribution in [0.15, 0.2) is 24.3 Å². The molecule has 1 heterocycles. The molecule has 0 radical (unpaired) electrons. The van der Waals surface area contributed by atoms with Gasteiger partial charge in [0.25, 0.3) is 0 Å². The van der Waals surface area contributed by atoms with Gasteiger partial charge in [0.15, 0.2) is 0 Å². The molecule has 1 fully saturated rings. The van der Waals surface area contributed by atoms with Crippen LogP contribution < -0.4 is 5.73 Å². The van der Waals surface area contributed by atoms with Gasteiger partial charge < -0.3 is 15.5 Å². The highest BCUT2D eigenvalue weighted by molar-refractivity contribution is 5.25. The molecule has 21 heavy (non-hydrogen) atoms. The molecule has 0 amide bonds. The smallest absolute Gasteiger partial charge is 0.0424 e. The van der Waals surface area contributed by atoms with Crippen LogP contribution in [0.3, 0.4) is 0 Å².